The predicted octanol–water partition coefficient (Wildman–Crippen LogP) is 3.42. The molecule has 0 spiro atoms. The fraction of sp³-hybridized carbons (Fsp3) is 0.154. The van der Waals surface area contributed by atoms with Crippen molar-refractivity contribution in [1.29, 1.82) is 0 Å². The molecule has 3 amide bonds. The van der Waals surface area contributed by atoms with Gasteiger partial charge in [0.2, 0.25) is 0 Å². The molecule has 9 heteroatoms. The lowest BCUT2D eigenvalue weighted by atomic mass is 10.1. The first kappa shape index (κ1) is 25.0. The molecular formula is C26H26N4O5. The topological polar surface area (TPSA) is 118 Å². The third-order valence-electron chi connectivity index (χ3n) is 4.93. The number of nitrogens with zero attached hydrogens (tertiary/aromatic N) is 1. The molecule has 35 heavy (non-hydrogen) atoms. The second-order valence-electron chi connectivity index (χ2n) is 7.55. The molecule has 0 fully saturated rings. The molecule has 0 unspecified atom stereocenters. The summed E-state index contributed by atoms with van der Waals surface area (Å²) in [5.74, 6) is -0.887. The van der Waals surface area contributed by atoms with Gasteiger partial charge >= 0.3 is 11.8 Å². The minimum Gasteiger partial charge on any atom is -0.497 e. The second kappa shape index (κ2) is 12.0. The van der Waals surface area contributed by atoms with Crippen molar-refractivity contribution in [3.05, 3.63) is 83.4 Å². The highest BCUT2D eigenvalue weighted by atomic mass is 16.5. The number of carbonyl (C=O) groups excluding carboxylic acids is 3. The fourth-order valence-corrected chi connectivity index (χ4v) is 3.06. The van der Waals surface area contributed by atoms with Crippen LogP contribution in [0.1, 0.15) is 16.7 Å². The van der Waals surface area contributed by atoms with Crippen LogP contribution in [-0.2, 0) is 14.4 Å². The summed E-state index contributed by atoms with van der Waals surface area (Å²) in [6, 6.07) is 19.1. The number of rotatable bonds is 8. The van der Waals surface area contributed by atoms with Gasteiger partial charge in [-0.1, -0.05) is 18.2 Å². The van der Waals surface area contributed by atoms with Crippen molar-refractivity contribution in [2.24, 2.45) is 5.10 Å². The van der Waals surface area contributed by atoms with Crippen LogP contribution in [0.2, 0.25) is 0 Å². The molecule has 0 aliphatic heterocycles. The van der Waals surface area contributed by atoms with Crippen LogP contribution >= 0.6 is 0 Å². The third kappa shape index (κ3) is 7.43. The summed E-state index contributed by atoms with van der Waals surface area (Å²) >= 11 is 0. The summed E-state index contributed by atoms with van der Waals surface area (Å²) in [7, 11) is 1.53. The number of methoxy groups -OCH3 is 1. The molecule has 0 heterocycles. The van der Waals surface area contributed by atoms with Gasteiger partial charge in [0, 0.05) is 11.4 Å². The minimum absolute atomic E-state index is 0.138. The predicted molar refractivity (Wildman–Crippen MR) is 134 cm³/mol. The fourth-order valence-electron chi connectivity index (χ4n) is 3.06. The number of hydrogen-bond donors (Lipinski definition) is 3. The van der Waals surface area contributed by atoms with Gasteiger partial charge in [-0.05, 0) is 79.1 Å². The van der Waals surface area contributed by atoms with E-state index in [1.807, 2.05) is 32.0 Å². The Labute approximate surface area is 203 Å². The maximum absolute atomic E-state index is 12.2. The Bertz CT molecular complexity index is 1200. The second-order valence-corrected chi connectivity index (χ2v) is 7.55. The number of anilines is 2. The Morgan fingerprint density at radius 2 is 1.46 bits per heavy atom. The van der Waals surface area contributed by atoms with E-state index in [0.29, 0.717) is 22.7 Å². The molecule has 0 radical (unpaired) electrons. The smallest absolute Gasteiger partial charge is 0.329 e. The molecule has 0 aliphatic carbocycles. The van der Waals surface area contributed by atoms with Crippen LogP contribution in [0.3, 0.4) is 0 Å². The third-order valence-corrected chi connectivity index (χ3v) is 4.93. The van der Waals surface area contributed by atoms with Crippen LogP contribution in [0.5, 0.6) is 11.5 Å². The van der Waals surface area contributed by atoms with E-state index >= 15 is 0 Å². The largest absolute Gasteiger partial charge is 0.497 e. The summed E-state index contributed by atoms with van der Waals surface area (Å²) in [6.07, 6.45) is 1.38. The van der Waals surface area contributed by atoms with Crippen molar-refractivity contribution in [2.45, 2.75) is 13.8 Å². The standard InChI is InChI=1S/C26H26N4O5/c1-17-5-4-6-18(2)24(17)29-23(31)16-35-22-11-7-19(8-12-22)15-27-30-26(33)25(32)28-20-9-13-21(34-3)14-10-20/h4-15H,16H2,1-3H3,(H,28,32)(H,29,31)(H,30,33)/b27-15-. The monoisotopic (exact) mass is 474 g/mol. The lowest BCUT2D eigenvalue weighted by Crippen LogP contribution is -2.32. The first-order valence-corrected chi connectivity index (χ1v) is 10.7. The van der Waals surface area contributed by atoms with Crippen molar-refractivity contribution >= 4 is 35.3 Å². The number of ether oxygens (including phenoxy) is 2. The zero-order chi connectivity index (χ0) is 25.2. The van der Waals surface area contributed by atoms with E-state index in [2.05, 4.69) is 21.2 Å². The molecule has 0 aromatic heterocycles. The van der Waals surface area contributed by atoms with E-state index in [4.69, 9.17) is 9.47 Å². The van der Waals surface area contributed by atoms with Crippen LogP contribution in [0.4, 0.5) is 11.4 Å². The van der Waals surface area contributed by atoms with Crippen LogP contribution in [-0.4, -0.2) is 37.7 Å². The Kier molecular flexibility index (Phi) is 8.55. The highest BCUT2D eigenvalue weighted by Crippen LogP contribution is 2.19. The van der Waals surface area contributed by atoms with Gasteiger partial charge in [0.15, 0.2) is 6.61 Å². The van der Waals surface area contributed by atoms with Gasteiger partial charge in [0.05, 0.1) is 13.3 Å². The molecule has 0 atom stereocenters. The Morgan fingerprint density at radius 3 is 2.09 bits per heavy atom. The average molecular weight is 475 g/mol. The molecule has 0 aliphatic rings. The van der Waals surface area contributed by atoms with E-state index in [9.17, 15) is 14.4 Å². The van der Waals surface area contributed by atoms with Crippen LogP contribution in [0.15, 0.2) is 71.8 Å². The van der Waals surface area contributed by atoms with Crippen molar-refractivity contribution in [3.8, 4) is 11.5 Å². The number of amides is 3. The summed E-state index contributed by atoms with van der Waals surface area (Å²) in [6.45, 7) is 3.72. The highest BCUT2D eigenvalue weighted by Gasteiger charge is 2.13. The number of benzene rings is 3. The zero-order valence-electron chi connectivity index (χ0n) is 19.6. The molecule has 3 aromatic rings. The maximum Gasteiger partial charge on any atom is 0.329 e. The van der Waals surface area contributed by atoms with Gasteiger partial charge in [-0.2, -0.15) is 5.10 Å². The molecule has 3 aromatic carbocycles. The van der Waals surface area contributed by atoms with Gasteiger partial charge in [0.25, 0.3) is 5.91 Å². The summed E-state index contributed by atoms with van der Waals surface area (Å²) in [5.41, 5.74) is 6.03. The average Bonchev–Trinajstić information content (AvgIpc) is 2.86. The molecular weight excluding hydrogens is 448 g/mol. The van der Waals surface area contributed by atoms with E-state index in [1.54, 1.807) is 48.5 Å². The minimum atomic E-state index is -0.910. The van der Waals surface area contributed by atoms with Crippen molar-refractivity contribution in [1.82, 2.24) is 5.43 Å². The Morgan fingerprint density at radius 1 is 0.829 bits per heavy atom. The number of aryl methyl sites for hydroxylation is 2. The summed E-state index contributed by atoms with van der Waals surface area (Å²) in [4.78, 5) is 36.1. The van der Waals surface area contributed by atoms with Gasteiger partial charge < -0.3 is 20.1 Å². The molecule has 9 nitrogen and oxygen atoms in total. The molecule has 180 valence electrons. The van der Waals surface area contributed by atoms with Crippen molar-refractivity contribution < 1.29 is 23.9 Å². The number of para-hydroxylation sites is 1. The van der Waals surface area contributed by atoms with Gasteiger partial charge in [-0.15, -0.1) is 0 Å². The van der Waals surface area contributed by atoms with Crippen LogP contribution < -0.4 is 25.5 Å². The summed E-state index contributed by atoms with van der Waals surface area (Å²) < 4.78 is 10.6. The first-order valence-electron chi connectivity index (χ1n) is 10.7. The summed E-state index contributed by atoms with van der Waals surface area (Å²) in [5, 5.41) is 9.12. The molecule has 0 saturated heterocycles. The van der Waals surface area contributed by atoms with Gasteiger partial charge in [-0.25, -0.2) is 5.43 Å². The Balaban J connectivity index is 1.44. The Hall–Kier alpha value is -4.66. The van der Waals surface area contributed by atoms with E-state index in [-0.39, 0.29) is 12.5 Å². The van der Waals surface area contributed by atoms with Gasteiger partial charge in [-0.3, -0.25) is 14.4 Å². The number of nitrogens with one attached hydrogen (secondary N) is 3. The highest BCUT2D eigenvalue weighted by molar-refractivity contribution is 6.39. The lowest BCUT2D eigenvalue weighted by Gasteiger charge is -2.12. The van der Waals surface area contributed by atoms with E-state index < -0.39 is 11.8 Å². The SMILES string of the molecule is COc1ccc(NC(=O)C(=O)N/N=C\c2ccc(OCC(=O)Nc3c(C)cccc3C)cc2)cc1. The van der Waals surface area contributed by atoms with Crippen molar-refractivity contribution in [3.63, 3.8) is 0 Å². The maximum atomic E-state index is 12.2. The molecule has 3 rings (SSSR count). The normalized spacial score (nSPS) is 10.5. The zero-order valence-corrected chi connectivity index (χ0v) is 19.6. The van der Waals surface area contributed by atoms with Crippen LogP contribution in [0, 0.1) is 13.8 Å². The number of carbonyl (C=O) groups is 3. The van der Waals surface area contributed by atoms with Gasteiger partial charge in [0.1, 0.15) is 11.5 Å². The van der Waals surface area contributed by atoms with Crippen LogP contribution in [0.25, 0.3) is 0 Å². The number of hydrazone groups is 1. The molecule has 0 saturated carbocycles. The molecule has 3 N–H and O–H groups in total. The lowest BCUT2D eigenvalue weighted by molar-refractivity contribution is -0.136. The quantitative estimate of drug-likeness (QED) is 0.263. The van der Waals surface area contributed by atoms with Crippen molar-refractivity contribution in [2.75, 3.05) is 24.4 Å². The first-order chi connectivity index (χ1) is 16.9. The number of hydrogen-bond acceptors (Lipinski definition) is 6. The van der Waals surface area contributed by atoms with E-state index in [0.717, 1.165) is 16.8 Å². The molecule has 0 bridgehead atoms. The van der Waals surface area contributed by atoms with E-state index in [1.165, 1.54) is 13.3 Å².